The van der Waals surface area contributed by atoms with Crippen molar-refractivity contribution < 1.29 is 8.81 Å². The van der Waals surface area contributed by atoms with Crippen molar-refractivity contribution in [3.63, 3.8) is 0 Å². The Kier molecular flexibility index (Phi) is 2.38. The number of thioether (sulfide) groups is 1. The summed E-state index contributed by atoms with van der Waals surface area (Å²) >= 11 is 1.29. The van der Waals surface area contributed by atoms with Gasteiger partial charge in [0.05, 0.1) is 6.26 Å². The molecule has 0 amide bonds. The highest BCUT2D eigenvalue weighted by atomic mass is 32.2. The van der Waals surface area contributed by atoms with E-state index in [1.54, 1.807) is 6.26 Å². The summed E-state index contributed by atoms with van der Waals surface area (Å²) in [7, 11) is 0. The molecule has 0 radical (unpaired) electrons. The van der Waals surface area contributed by atoms with E-state index in [1.807, 2.05) is 6.92 Å². The summed E-state index contributed by atoms with van der Waals surface area (Å²) < 4.78 is 17.8. The third-order valence-corrected chi connectivity index (χ3v) is 1.98. The highest BCUT2D eigenvalue weighted by Gasteiger charge is 2.09. The van der Waals surface area contributed by atoms with Crippen molar-refractivity contribution in [2.45, 2.75) is 18.4 Å². The zero-order valence-electron chi connectivity index (χ0n) is 5.98. The summed E-state index contributed by atoms with van der Waals surface area (Å²) in [6, 6.07) is 0. The van der Waals surface area contributed by atoms with E-state index >= 15 is 0 Å². The zero-order chi connectivity index (χ0) is 7.56. The molecule has 0 atom stereocenters. The Morgan fingerprint density at radius 3 is 2.70 bits per heavy atom. The van der Waals surface area contributed by atoms with Crippen LogP contribution in [-0.4, -0.2) is 6.26 Å². The van der Waals surface area contributed by atoms with Crippen LogP contribution < -0.4 is 0 Å². The fourth-order valence-corrected chi connectivity index (χ4v) is 1.19. The molecule has 0 N–H and O–H groups in total. The van der Waals surface area contributed by atoms with Gasteiger partial charge in [-0.1, -0.05) is 18.7 Å². The van der Waals surface area contributed by atoms with Crippen molar-refractivity contribution in [3.05, 3.63) is 17.6 Å². The lowest BCUT2D eigenvalue weighted by molar-refractivity contribution is 0.433. The van der Waals surface area contributed by atoms with Gasteiger partial charge in [-0.2, -0.15) is 0 Å². The molecular formula is C7H9FOS. The molecule has 1 aromatic rings. The highest BCUT2D eigenvalue weighted by Crippen LogP contribution is 2.23. The van der Waals surface area contributed by atoms with Gasteiger partial charge in [0, 0.05) is 5.56 Å². The molecule has 0 aliphatic heterocycles. The van der Waals surface area contributed by atoms with Crippen molar-refractivity contribution in [2.75, 3.05) is 6.26 Å². The molecule has 1 heterocycles. The summed E-state index contributed by atoms with van der Waals surface area (Å²) in [6.45, 7) is 1.90. The lowest BCUT2D eigenvalue weighted by Crippen LogP contribution is -1.79. The molecule has 0 unspecified atom stereocenters. The minimum absolute atomic E-state index is 0.199. The topological polar surface area (TPSA) is 13.1 Å². The Morgan fingerprint density at radius 1 is 1.70 bits per heavy atom. The highest BCUT2D eigenvalue weighted by molar-refractivity contribution is 7.98. The number of hydrogen-bond acceptors (Lipinski definition) is 2. The third-order valence-electron chi connectivity index (χ3n) is 1.34. The van der Waals surface area contributed by atoms with E-state index in [9.17, 15) is 4.39 Å². The van der Waals surface area contributed by atoms with Crippen molar-refractivity contribution in [1.82, 2.24) is 0 Å². The van der Waals surface area contributed by atoms with E-state index < -0.39 is 0 Å². The first-order chi connectivity index (χ1) is 4.79. The summed E-state index contributed by atoms with van der Waals surface area (Å²) in [4.78, 5) is 0. The Bertz CT molecular complexity index is 198. The van der Waals surface area contributed by atoms with Crippen LogP contribution >= 0.6 is 11.8 Å². The maximum Gasteiger partial charge on any atom is 0.195 e. The molecule has 0 saturated carbocycles. The van der Waals surface area contributed by atoms with Crippen molar-refractivity contribution >= 4 is 11.8 Å². The summed E-state index contributed by atoms with van der Waals surface area (Å²) in [5, 5.41) is 0.386. The van der Waals surface area contributed by atoms with E-state index in [2.05, 4.69) is 0 Å². The quantitative estimate of drug-likeness (QED) is 0.617. The average Bonchev–Trinajstić information content (AvgIpc) is 2.30. The Balaban J connectivity index is 2.97. The van der Waals surface area contributed by atoms with Crippen LogP contribution in [0, 0.1) is 5.82 Å². The largest absolute Gasteiger partial charge is 0.455 e. The van der Waals surface area contributed by atoms with Gasteiger partial charge in [-0.05, 0) is 12.7 Å². The summed E-state index contributed by atoms with van der Waals surface area (Å²) in [5.41, 5.74) is 0.657. The SMILES string of the molecule is CCc1coc(SC)c1F. The molecular weight excluding hydrogens is 151 g/mol. The normalized spacial score (nSPS) is 10.3. The van der Waals surface area contributed by atoms with Gasteiger partial charge in [0.1, 0.15) is 0 Å². The van der Waals surface area contributed by atoms with Crippen molar-refractivity contribution in [2.24, 2.45) is 0 Å². The van der Waals surface area contributed by atoms with Gasteiger partial charge < -0.3 is 4.42 Å². The number of hydrogen-bond donors (Lipinski definition) is 0. The third kappa shape index (κ3) is 1.19. The molecule has 3 heteroatoms. The summed E-state index contributed by atoms with van der Waals surface area (Å²) in [6.07, 6.45) is 3.96. The van der Waals surface area contributed by atoms with Crippen LogP contribution in [0.2, 0.25) is 0 Å². The zero-order valence-corrected chi connectivity index (χ0v) is 6.80. The van der Waals surface area contributed by atoms with Gasteiger partial charge in [0.15, 0.2) is 10.9 Å². The molecule has 0 aliphatic carbocycles. The van der Waals surface area contributed by atoms with Gasteiger partial charge in [-0.15, -0.1) is 0 Å². The fourth-order valence-electron chi connectivity index (χ4n) is 0.735. The van der Waals surface area contributed by atoms with Gasteiger partial charge in [0.2, 0.25) is 0 Å². The molecule has 1 aromatic heterocycles. The molecule has 0 aliphatic rings. The molecule has 0 saturated heterocycles. The van der Waals surface area contributed by atoms with Gasteiger partial charge in [0.25, 0.3) is 0 Å². The van der Waals surface area contributed by atoms with E-state index in [1.165, 1.54) is 18.0 Å². The van der Waals surface area contributed by atoms with Crippen LogP contribution in [0.3, 0.4) is 0 Å². The molecule has 10 heavy (non-hydrogen) atoms. The van der Waals surface area contributed by atoms with E-state index in [4.69, 9.17) is 4.42 Å². The molecule has 0 spiro atoms. The monoisotopic (exact) mass is 160 g/mol. The van der Waals surface area contributed by atoms with Crippen LogP contribution in [0.4, 0.5) is 4.39 Å². The second-order valence-electron chi connectivity index (χ2n) is 1.92. The standard InChI is InChI=1S/C7H9FOS/c1-3-5-4-9-7(10-2)6(5)8/h4H,3H2,1-2H3. The lowest BCUT2D eigenvalue weighted by atomic mass is 10.3. The number of halogens is 1. The van der Waals surface area contributed by atoms with Crippen LogP contribution in [0.1, 0.15) is 12.5 Å². The first-order valence-electron chi connectivity index (χ1n) is 3.09. The molecule has 1 rings (SSSR count). The fraction of sp³-hybridized carbons (Fsp3) is 0.429. The van der Waals surface area contributed by atoms with E-state index in [0.29, 0.717) is 17.1 Å². The lowest BCUT2D eigenvalue weighted by Gasteiger charge is -1.87. The predicted octanol–water partition coefficient (Wildman–Crippen LogP) is 2.70. The average molecular weight is 160 g/mol. The van der Waals surface area contributed by atoms with Crippen molar-refractivity contribution in [3.8, 4) is 0 Å². The Hall–Kier alpha value is -0.440. The Morgan fingerprint density at radius 2 is 2.40 bits per heavy atom. The summed E-state index contributed by atoms with van der Waals surface area (Å²) in [5.74, 6) is -0.199. The second-order valence-corrected chi connectivity index (χ2v) is 2.70. The van der Waals surface area contributed by atoms with E-state index in [-0.39, 0.29) is 5.82 Å². The van der Waals surface area contributed by atoms with Gasteiger partial charge in [-0.3, -0.25) is 0 Å². The van der Waals surface area contributed by atoms with Crippen LogP contribution in [0.25, 0.3) is 0 Å². The molecule has 56 valence electrons. The van der Waals surface area contributed by atoms with Crippen molar-refractivity contribution in [1.29, 1.82) is 0 Å². The smallest absolute Gasteiger partial charge is 0.195 e. The number of aryl methyl sites for hydroxylation is 1. The number of rotatable bonds is 2. The molecule has 0 bridgehead atoms. The maximum absolute atomic E-state index is 12.9. The Labute approximate surface area is 63.6 Å². The van der Waals surface area contributed by atoms with Crippen LogP contribution in [0.5, 0.6) is 0 Å². The van der Waals surface area contributed by atoms with Crippen LogP contribution in [0.15, 0.2) is 15.8 Å². The second kappa shape index (κ2) is 3.10. The predicted molar refractivity (Wildman–Crippen MR) is 39.8 cm³/mol. The maximum atomic E-state index is 12.9. The molecule has 0 aromatic carbocycles. The minimum Gasteiger partial charge on any atom is -0.455 e. The number of furan rings is 1. The van der Waals surface area contributed by atoms with E-state index in [0.717, 1.165) is 0 Å². The van der Waals surface area contributed by atoms with Gasteiger partial charge >= 0.3 is 0 Å². The molecule has 1 nitrogen and oxygen atoms in total. The van der Waals surface area contributed by atoms with Crippen LogP contribution in [-0.2, 0) is 6.42 Å². The minimum atomic E-state index is -0.199. The molecule has 0 fully saturated rings. The van der Waals surface area contributed by atoms with Gasteiger partial charge in [-0.25, -0.2) is 4.39 Å². The first-order valence-corrected chi connectivity index (χ1v) is 4.32. The first kappa shape index (κ1) is 7.66.